The van der Waals surface area contributed by atoms with Crippen LogP contribution < -0.4 is 5.32 Å². The van der Waals surface area contributed by atoms with E-state index in [2.05, 4.69) is 20.5 Å². The summed E-state index contributed by atoms with van der Waals surface area (Å²) in [6.07, 6.45) is 1.86. The van der Waals surface area contributed by atoms with Gasteiger partial charge in [0.25, 0.3) is 0 Å². The molecule has 0 bridgehead atoms. The molecule has 0 unspecified atom stereocenters. The summed E-state index contributed by atoms with van der Waals surface area (Å²) in [6.45, 7) is 3.80. The number of thioether (sulfide) groups is 1. The Morgan fingerprint density at radius 2 is 2.00 bits per heavy atom. The van der Waals surface area contributed by atoms with Gasteiger partial charge in [-0.25, -0.2) is 0 Å². The fourth-order valence-electron chi connectivity index (χ4n) is 2.13. The van der Waals surface area contributed by atoms with Gasteiger partial charge in [0.1, 0.15) is 0 Å². The van der Waals surface area contributed by atoms with E-state index in [4.69, 9.17) is 11.6 Å². The number of nitrogens with one attached hydrogen (secondary N) is 1. The van der Waals surface area contributed by atoms with Gasteiger partial charge in [-0.3, -0.25) is 14.2 Å². The van der Waals surface area contributed by atoms with E-state index in [9.17, 15) is 4.79 Å². The Kier molecular flexibility index (Phi) is 4.49. The lowest BCUT2D eigenvalue weighted by molar-refractivity contribution is -0.113. The van der Waals surface area contributed by atoms with Crippen LogP contribution in [0, 0.1) is 13.8 Å². The summed E-state index contributed by atoms with van der Waals surface area (Å²) < 4.78 is 1.86. The van der Waals surface area contributed by atoms with Crippen LogP contribution in [0.2, 0.25) is 5.02 Å². The normalized spacial score (nSPS) is 10.9. The van der Waals surface area contributed by atoms with Crippen LogP contribution in [0.25, 0.3) is 5.65 Å². The molecule has 0 aliphatic carbocycles. The van der Waals surface area contributed by atoms with E-state index in [1.807, 2.05) is 24.4 Å². The average Bonchev–Trinajstić information content (AvgIpc) is 2.91. The molecule has 2 aromatic heterocycles. The summed E-state index contributed by atoms with van der Waals surface area (Å²) in [5.41, 5.74) is 3.11. The Labute approximate surface area is 142 Å². The zero-order valence-corrected chi connectivity index (χ0v) is 14.1. The predicted octanol–water partition coefficient (Wildman–Crippen LogP) is 3.13. The molecule has 0 saturated carbocycles. The summed E-state index contributed by atoms with van der Waals surface area (Å²) in [6, 6.07) is 6.98. The lowest BCUT2D eigenvalue weighted by atomic mass is 10.3. The molecule has 6 nitrogen and oxygen atoms in total. The van der Waals surface area contributed by atoms with E-state index in [0.29, 0.717) is 21.5 Å². The van der Waals surface area contributed by atoms with Crippen molar-refractivity contribution in [2.24, 2.45) is 0 Å². The molecule has 1 amide bonds. The van der Waals surface area contributed by atoms with Gasteiger partial charge in [0.05, 0.1) is 17.1 Å². The van der Waals surface area contributed by atoms with Crippen LogP contribution >= 0.6 is 23.4 Å². The monoisotopic (exact) mass is 347 g/mol. The number of carbonyl (C=O) groups excluding carboxylic acids is 1. The van der Waals surface area contributed by atoms with Crippen molar-refractivity contribution < 1.29 is 4.79 Å². The molecule has 8 heteroatoms. The van der Waals surface area contributed by atoms with Crippen molar-refractivity contribution >= 4 is 40.6 Å². The number of nitrogens with zero attached hydrogens (tertiary/aromatic N) is 4. The minimum absolute atomic E-state index is 0.114. The van der Waals surface area contributed by atoms with Crippen molar-refractivity contribution in [1.29, 1.82) is 0 Å². The van der Waals surface area contributed by atoms with E-state index >= 15 is 0 Å². The zero-order chi connectivity index (χ0) is 16.4. The Hall–Kier alpha value is -2.12. The van der Waals surface area contributed by atoms with Crippen LogP contribution in [-0.2, 0) is 4.79 Å². The van der Waals surface area contributed by atoms with E-state index < -0.39 is 0 Å². The molecule has 0 aliphatic heterocycles. The maximum Gasteiger partial charge on any atom is 0.234 e. The van der Waals surface area contributed by atoms with Crippen molar-refractivity contribution in [1.82, 2.24) is 19.6 Å². The lowest BCUT2D eigenvalue weighted by Gasteiger charge is -2.05. The second kappa shape index (κ2) is 6.55. The number of aromatic nitrogens is 4. The molecule has 0 fully saturated rings. The largest absolute Gasteiger partial charge is 0.325 e. The predicted molar refractivity (Wildman–Crippen MR) is 91.1 cm³/mol. The fraction of sp³-hybridized carbons (Fsp3) is 0.200. The van der Waals surface area contributed by atoms with Gasteiger partial charge in [-0.2, -0.15) is 0 Å². The van der Waals surface area contributed by atoms with Crippen molar-refractivity contribution in [3.63, 3.8) is 0 Å². The van der Waals surface area contributed by atoms with Gasteiger partial charge in [0, 0.05) is 16.9 Å². The standard InChI is InChI=1S/C15H14ClN5OS/c1-9-7-21-14(10(2)17-9)19-20-15(21)23-8-13(22)18-12-5-3-11(16)4-6-12/h3-7H,8H2,1-2H3,(H,18,22). The van der Waals surface area contributed by atoms with E-state index in [-0.39, 0.29) is 11.7 Å². The molecule has 0 saturated heterocycles. The fourth-order valence-corrected chi connectivity index (χ4v) is 2.96. The number of anilines is 1. The van der Waals surface area contributed by atoms with Crippen molar-refractivity contribution in [2.75, 3.05) is 11.1 Å². The van der Waals surface area contributed by atoms with Gasteiger partial charge < -0.3 is 5.32 Å². The topological polar surface area (TPSA) is 72.2 Å². The van der Waals surface area contributed by atoms with Crippen molar-refractivity contribution in [3.8, 4) is 0 Å². The highest BCUT2D eigenvalue weighted by Gasteiger charge is 2.12. The van der Waals surface area contributed by atoms with Gasteiger partial charge >= 0.3 is 0 Å². The summed E-state index contributed by atoms with van der Waals surface area (Å²) in [4.78, 5) is 16.4. The summed E-state index contributed by atoms with van der Waals surface area (Å²) >= 11 is 7.15. The first-order valence-electron chi connectivity index (χ1n) is 6.90. The van der Waals surface area contributed by atoms with E-state index in [1.54, 1.807) is 24.3 Å². The molecule has 118 valence electrons. The summed E-state index contributed by atoms with van der Waals surface area (Å²) in [5, 5.41) is 12.4. The molecular formula is C15H14ClN5OS. The second-order valence-electron chi connectivity index (χ2n) is 4.99. The van der Waals surface area contributed by atoms with E-state index in [0.717, 1.165) is 11.4 Å². The van der Waals surface area contributed by atoms with Crippen LogP contribution in [-0.4, -0.2) is 31.2 Å². The van der Waals surface area contributed by atoms with E-state index in [1.165, 1.54) is 11.8 Å². The average molecular weight is 348 g/mol. The number of carbonyl (C=O) groups is 1. The van der Waals surface area contributed by atoms with Crippen LogP contribution in [0.4, 0.5) is 5.69 Å². The van der Waals surface area contributed by atoms with Gasteiger partial charge in [-0.05, 0) is 38.1 Å². The van der Waals surface area contributed by atoms with Crippen LogP contribution in [0.5, 0.6) is 0 Å². The highest BCUT2D eigenvalue weighted by Crippen LogP contribution is 2.19. The number of halogens is 1. The quantitative estimate of drug-likeness (QED) is 0.734. The highest BCUT2D eigenvalue weighted by molar-refractivity contribution is 7.99. The summed E-state index contributed by atoms with van der Waals surface area (Å²) in [5.74, 6) is 0.126. The Bertz CT molecular complexity index is 862. The Morgan fingerprint density at radius 3 is 2.74 bits per heavy atom. The first kappa shape index (κ1) is 15.8. The Morgan fingerprint density at radius 1 is 1.26 bits per heavy atom. The molecule has 0 spiro atoms. The van der Waals surface area contributed by atoms with Gasteiger partial charge in [0.2, 0.25) is 5.91 Å². The molecule has 3 rings (SSSR count). The van der Waals surface area contributed by atoms with Gasteiger partial charge in [0.15, 0.2) is 10.8 Å². The molecule has 1 N–H and O–H groups in total. The third-order valence-corrected chi connectivity index (χ3v) is 4.30. The number of benzene rings is 1. The van der Waals surface area contributed by atoms with Crippen LogP contribution in [0.1, 0.15) is 11.4 Å². The van der Waals surface area contributed by atoms with Crippen LogP contribution in [0.15, 0.2) is 35.6 Å². The molecule has 2 heterocycles. The number of hydrogen-bond donors (Lipinski definition) is 1. The highest BCUT2D eigenvalue weighted by atomic mass is 35.5. The first-order chi connectivity index (χ1) is 11.0. The van der Waals surface area contributed by atoms with Crippen molar-refractivity contribution in [3.05, 3.63) is 46.9 Å². The van der Waals surface area contributed by atoms with Gasteiger partial charge in [-0.1, -0.05) is 23.4 Å². The molecule has 0 atom stereocenters. The molecule has 0 aliphatic rings. The van der Waals surface area contributed by atoms with Crippen molar-refractivity contribution in [2.45, 2.75) is 19.0 Å². The number of rotatable bonds is 4. The third-order valence-electron chi connectivity index (χ3n) is 3.11. The third kappa shape index (κ3) is 3.62. The minimum atomic E-state index is -0.114. The first-order valence-corrected chi connectivity index (χ1v) is 8.26. The number of fused-ring (bicyclic) bond motifs is 1. The number of aryl methyl sites for hydroxylation is 2. The molecule has 1 aromatic carbocycles. The maximum atomic E-state index is 12.0. The number of hydrogen-bond acceptors (Lipinski definition) is 5. The van der Waals surface area contributed by atoms with Gasteiger partial charge in [-0.15, -0.1) is 10.2 Å². The zero-order valence-electron chi connectivity index (χ0n) is 12.6. The maximum absolute atomic E-state index is 12.0. The van der Waals surface area contributed by atoms with Crippen LogP contribution in [0.3, 0.4) is 0 Å². The molecular weight excluding hydrogens is 334 g/mol. The molecule has 0 radical (unpaired) electrons. The SMILES string of the molecule is Cc1cn2c(SCC(=O)Nc3ccc(Cl)cc3)nnc2c(C)n1. The second-order valence-corrected chi connectivity index (χ2v) is 6.37. The minimum Gasteiger partial charge on any atom is -0.325 e. The number of amides is 1. The lowest BCUT2D eigenvalue weighted by Crippen LogP contribution is -2.14. The smallest absolute Gasteiger partial charge is 0.234 e. The Balaban J connectivity index is 1.68. The molecule has 3 aromatic rings. The molecule has 23 heavy (non-hydrogen) atoms. The summed E-state index contributed by atoms with van der Waals surface area (Å²) in [7, 11) is 0.